The van der Waals surface area contributed by atoms with Crippen molar-refractivity contribution in [3.05, 3.63) is 29.3 Å². The Labute approximate surface area is 126 Å². The first-order valence-electron chi connectivity index (χ1n) is 7.56. The normalized spacial score (nSPS) is 26.2. The molecule has 2 fully saturated rings. The maximum atomic E-state index is 5.85. The summed E-state index contributed by atoms with van der Waals surface area (Å²) in [7, 11) is 0. The number of fused-ring (bicyclic) bond motifs is 1. The lowest BCUT2D eigenvalue weighted by atomic mass is 9.98. The molecule has 2 aliphatic heterocycles. The number of hydrogen-bond acceptors (Lipinski definition) is 3. The van der Waals surface area contributed by atoms with E-state index in [1.165, 1.54) is 44.3 Å². The number of nitrogens with one attached hydrogen (secondary N) is 1. The molecule has 108 valence electrons. The molecular formula is C16H23N3S. The number of anilines is 1. The van der Waals surface area contributed by atoms with Crippen molar-refractivity contribution >= 4 is 22.9 Å². The first kappa shape index (κ1) is 13.8. The average molecular weight is 289 g/mol. The van der Waals surface area contributed by atoms with Gasteiger partial charge in [0.1, 0.15) is 4.99 Å². The first-order chi connectivity index (χ1) is 9.65. The minimum absolute atomic E-state index is 0.478. The summed E-state index contributed by atoms with van der Waals surface area (Å²) in [6.07, 6.45) is 5.24. The lowest BCUT2D eigenvalue weighted by Crippen LogP contribution is -2.42. The molecule has 2 heterocycles. The summed E-state index contributed by atoms with van der Waals surface area (Å²) in [5.74, 6) is 0. The summed E-state index contributed by atoms with van der Waals surface area (Å²) in [5, 5.41) is 3.72. The van der Waals surface area contributed by atoms with Gasteiger partial charge in [-0.2, -0.15) is 0 Å². The fourth-order valence-corrected chi connectivity index (χ4v) is 3.79. The highest BCUT2D eigenvalue weighted by molar-refractivity contribution is 7.80. The molecule has 0 saturated carbocycles. The Morgan fingerprint density at radius 1 is 1.30 bits per heavy atom. The van der Waals surface area contributed by atoms with Gasteiger partial charge in [-0.25, -0.2) is 0 Å². The van der Waals surface area contributed by atoms with Crippen LogP contribution in [0.2, 0.25) is 0 Å². The van der Waals surface area contributed by atoms with Crippen molar-refractivity contribution in [1.82, 2.24) is 4.90 Å². The second-order valence-electron chi connectivity index (χ2n) is 6.05. The van der Waals surface area contributed by atoms with E-state index in [0.29, 0.717) is 17.1 Å². The quantitative estimate of drug-likeness (QED) is 0.840. The van der Waals surface area contributed by atoms with Gasteiger partial charge in [-0.3, -0.25) is 4.90 Å². The summed E-state index contributed by atoms with van der Waals surface area (Å²) in [6, 6.07) is 7.49. The van der Waals surface area contributed by atoms with Crippen LogP contribution in [0.1, 0.15) is 36.8 Å². The monoisotopic (exact) mass is 289 g/mol. The van der Waals surface area contributed by atoms with Crippen LogP contribution >= 0.6 is 12.2 Å². The Morgan fingerprint density at radius 3 is 2.95 bits per heavy atom. The summed E-state index contributed by atoms with van der Waals surface area (Å²) in [4.78, 5) is 3.11. The maximum absolute atomic E-state index is 5.85. The molecule has 0 spiro atoms. The Bertz CT molecular complexity index is 514. The van der Waals surface area contributed by atoms with Crippen molar-refractivity contribution in [1.29, 1.82) is 0 Å². The van der Waals surface area contributed by atoms with Crippen LogP contribution in [-0.2, 0) is 0 Å². The van der Waals surface area contributed by atoms with Crippen LogP contribution in [0.5, 0.6) is 0 Å². The Balaban J connectivity index is 1.80. The number of nitrogens with two attached hydrogens (primary N) is 1. The lowest BCUT2D eigenvalue weighted by Gasteiger charge is -2.33. The summed E-state index contributed by atoms with van der Waals surface area (Å²) < 4.78 is 0. The Morgan fingerprint density at radius 2 is 2.15 bits per heavy atom. The van der Waals surface area contributed by atoms with E-state index in [9.17, 15) is 0 Å². The fourth-order valence-electron chi connectivity index (χ4n) is 3.61. The van der Waals surface area contributed by atoms with Crippen molar-refractivity contribution in [3.63, 3.8) is 0 Å². The number of rotatable bonds is 3. The van der Waals surface area contributed by atoms with Crippen molar-refractivity contribution in [2.24, 2.45) is 5.73 Å². The largest absolute Gasteiger partial charge is 0.389 e. The van der Waals surface area contributed by atoms with E-state index in [4.69, 9.17) is 18.0 Å². The second kappa shape index (κ2) is 5.70. The molecule has 0 aromatic heterocycles. The van der Waals surface area contributed by atoms with Crippen LogP contribution in [-0.4, -0.2) is 35.1 Å². The number of piperidine rings is 1. The van der Waals surface area contributed by atoms with Gasteiger partial charge in [0.2, 0.25) is 0 Å². The molecule has 3 nitrogen and oxygen atoms in total. The zero-order chi connectivity index (χ0) is 14.1. The summed E-state index contributed by atoms with van der Waals surface area (Å²) >= 11 is 5.18. The number of thiocarbonyl (C=S) groups is 1. The molecule has 3 N–H and O–H groups in total. The Hall–Kier alpha value is -1.13. The molecule has 2 aliphatic rings. The third-order valence-corrected chi connectivity index (χ3v) is 4.86. The third kappa shape index (κ3) is 2.67. The molecular weight excluding hydrogens is 266 g/mol. The average Bonchev–Trinajstić information content (AvgIpc) is 2.82. The topological polar surface area (TPSA) is 41.3 Å². The van der Waals surface area contributed by atoms with E-state index in [-0.39, 0.29) is 0 Å². The van der Waals surface area contributed by atoms with E-state index in [0.717, 1.165) is 11.3 Å². The smallest absolute Gasteiger partial charge is 0.106 e. The maximum Gasteiger partial charge on any atom is 0.106 e. The third-order valence-electron chi connectivity index (χ3n) is 4.64. The van der Waals surface area contributed by atoms with E-state index in [1.54, 1.807) is 0 Å². The van der Waals surface area contributed by atoms with Gasteiger partial charge in [0, 0.05) is 29.9 Å². The van der Waals surface area contributed by atoms with E-state index in [1.807, 2.05) is 6.07 Å². The fraction of sp³-hybridized carbons (Fsp3) is 0.562. The zero-order valence-electron chi connectivity index (χ0n) is 12.1. The van der Waals surface area contributed by atoms with Crippen LogP contribution < -0.4 is 11.1 Å². The molecule has 1 aromatic rings. The molecule has 2 saturated heterocycles. The predicted molar refractivity (Wildman–Crippen MR) is 88.3 cm³/mol. The van der Waals surface area contributed by atoms with Gasteiger partial charge >= 0.3 is 0 Å². The summed E-state index contributed by atoms with van der Waals surface area (Å²) in [5.41, 5.74) is 9.17. The van der Waals surface area contributed by atoms with Gasteiger partial charge in [-0.05, 0) is 50.4 Å². The molecule has 20 heavy (non-hydrogen) atoms. The molecule has 2 atom stereocenters. The van der Waals surface area contributed by atoms with Crippen LogP contribution in [0.25, 0.3) is 0 Å². The number of nitrogens with zero attached hydrogens (tertiary/aromatic N) is 1. The molecule has 0 bridgehead atoms. The molecule has 2 unspecified atom stereocenters. The molecule has 0 radical (unpaired) electrons. The highest BCUT2D eigenvalue weighted by Crippen LogP contribution is 2.30. The van der Waals surface area contributed by atoms with Crippen molar-refractivity contribution in [3.8, 4) is 0 Å². The predicted octanol–water partition coefficient (Wildman–Crippen LogP) is 2.67. The van der Waals surface area contributed by atoms with Gasteiger partial charge < -0.3 is 11.1 Å². The van der Waals surface area contributed by atoms with E-state index in [2.05, 4.69) is 29.3 Å². The van der Waals surface area contributed by atoms with Crippen LogP contribution in [0, 0.1) is 6.92 Å². The van der Waals surface area contributed by atoms with Gasteiger partial charge in [-0.15, -0.1) is 0 Å². The van der Waals surface area contributed by atoms with Crippen molar-refractivity contribution < 1.29 is 0 Å². The van der Waals surface area contributed by atoms with Crippen molar-refractivity contribution in [2.75, 3.05) is 18.4 Å². The van der Waals surface area contributed by atoms with Gasteiger partial charge in [0.15, 0.2) is 0 Å². The van der Waals surface area contributed by atoms with Crippen LogP contribution in [0.4, 0.5) is 5.69 Å². The molecule has 4 heteroatoms. The molecule has 3 rings (SSSR count). The highest BCUT2D eigenvalue weighted by atomic mass is 32.1. The highest BCUT2D eigenvalue weighted by Gasteiger charge is 2.35. The van der Waals surface area contributed by atoms with Gasteiger partial charge in [0.05, 0.1) is 0 Å². The van der Waals surface area contributed by atoms with Gasteiger partial charge in [0.25, 0.3) is 0 Å². The van der Waals surface area contributed by atoms with E-state index >= 15 is 0 Å². The van der Waals surface area contributed by atoms with Crippen LogP contribution in [0.3, 0.4) is 0 Å². The standard InChI is InChI=1S/C16H23N3S/c1-11-5-6-12(16(17)20)14(10-11)18-13-7-9-19-8-3-2-4-15(13)19/h5-6,10,13,15,18H,2-4,7-9H2,1H3,(H2,17,20). The van der Waals surface area contributed by atoms with E-state index < -0.39 is 0 Å². The SMILES string of the molecule is Cc1ccc(C(N)=S)c(NC2CCN3CCCCC23)c1. The minimum Gasteiger partial charge on any atom is -0.389 e. The van der Waals surface area contributed by atoms with Gasteiger partial charge in [-0.1, -0.05) is 24.7 Å². The first-order valence-corrected chi connectivity index (χ1v) is 7.97. The molecule has 1 aromatic carbocycles. The van der Waals surface area contributed by atoms with Crippen molar-refractivity contribution in [2.45, 2.75) is 44.7 Å². The zero-order valence-corrected chi connectivity index (χ0v) is 12.9. The molecule has 0 amide bonds. The number of hydrogen-bond donors (Lipinski definition) is 2. The Kier molecular flexibility index (Phi) is 3.94. The minimum atomic E-state index is 0.478. The summed E-state index contributed by atoms with van der Waals surface area (Å²) in [6.45, 7) is 4.59. The number of aryl methyl sites for hydroxylation is 1. The number of benzene rings is 1. The second-order valence-corrected chi connectivity index (χ2v) is 6.49. The lowest BCUT2D eigenvalue weighted by molar-refractivity contribution is 0.193. The van der Waals surface area contributed by atoms with Crippen LogP contribution in [0.15, 0.2) is 18.2 Å². The molecule has 0 aliphatic carbocycles.